The molecule has 2 aromatic carbocycles. The van der Waals surface area contributed by atoms with Crippen molar-refractivity contribution in [2.45, 2.75) is 51.6 Å². The summed E-state index contributed by atoms with van der Waals surface area (Å²) >= 11 is 0. The number of hydrogen-bond acceptors (Lipinski definition) is 4. The zero-order chi connectivity index (χ0) is 25.4. The van der Waals surface area contributed by atoms with Crippen LogP contribution in [0.3, 0.4) is 0 Å². The molecule has 0 atom stereocenters. The fraction of sp³-hybridized carbons (Fsp3) is 0.400. The van der Waals surface area contributed by atoms with Crippen molar-refractivity contribution in [3.8, 4) is 0 Å². The second-order valence-corrected chi connectivity index (χ2v) is 8.35. The van der Waals surface area contributed by atoms with Gasteiger partial charge >= 0.3 is 5.97 Å². The molecule has 6 nitrogen and oxygen atoms in total. The first-order valence-corrected chi connectivity index (χ1v) is 11.4. The molecule has 0 unspecified atom stereocenters. The van der Waals surface area contributed by atoms with Crippen LogP contribution in [0, 0.1) is 29.2 Å². The van der Waals surface area contributed by atoms with Crippen LogP contribution in [0.2, 0.25) is 0 Å². The van der Waals surface area contributed by atoms with Crippen molar-refractivity contribution in [2.24, 2.45) is 10.9 Å². The van der Waals surface area contributed by atoms with E-state index in [0.717, 1.165) is 49.2 Å². The van der Waals surface area contributed by atoms with Crippen molar-refractivity contribution >= 4 is 17.8 Å². The Morgan fingerprint density at radius 1 is 0.971 bits per heavy atom. The Balaban J connectivity index is 1.70. The maximum Gasteiger partial charge on any atom is 0.306 e. The Bertz CT molecular complexity index is 1090. The van der Waals surface area contributed by atoms with Gasteiger partial charge in [0.1, 0.15) is 11.6 Å². The van der Waals surface area contributed by atoms with Gasteiger partial charge in [-0.15, -0.1) is 0 Å². The lowest BCUT2D eigenvalue weighted by Gasteiger charge is -2.29. The van der Waals surface area contributed by atoms with Gasteiger partial charge in [0.05, 0.1) is 13.2 Å². The summed E-state index contributed by atoms with van der Waals surface area (Å²) in [6.45, 7) is 1.82. The van der Waals surface area contributed by atoms with Crippen LogP contribution in [-0.4, -0.2) is 30.5 Å². The lowest BCUT2D eigenvalue weighted by Crippen LogP contribution is -2.47. The van der Waals surface area contributed by atoms with Gasteiger partial charge in [-0.1, -0.05) is 0 Å². The molecule has 2 N–H and O–H groups in total. The molecule has 1 fully saturated rings. The minimum atomic E-state index is -1.18. The first-order chi connectivity index (χ1) is 16.7. The fourth-order valence-corrected chi connectivity index (χ4v) is 3.93. The van der Waals surface area contributed by atoms with Crippen molar-refractivity contribution in [3.63, 3.8) is 0 Å². The quantitative estimate of drug-likeness (QED) is 0.255. The number of aliphatic imine (C=N–C) groups is 1. The molecule has 0 saturated heterocycles. The van der Waals surface area contributed by atoms with Crippen molar-refractivity contribution in [1.29, 1.82) is 0 Å². The molecular weight excluding hydrogens is 466 g/mol. The number of ether oxygens (including phenoxy) is 1. The molecular formula is C25H27F4N3O3. The number of carbonyl (C=O) groups is 2. The lowest BCUT2D eigenvalue weighted by molar-refractivity contribution is -0.144. The second-order valence-electron chi connectivity index (χ2n) is 8.35. The third kappa shape index (κ3) is 7.80. The van der Waals surface area contributed by atoms with Crippen molar-refractivity contribution in [1.82, 2.24) is 10.6 Å². The molecule has 1 saturated carbocycles. The third-order valence-corrected chi connectivity index (χ3v) is 5.78. The third-order valence-electron chi connectivity index (χ3n) is 5.78. The zero-order valence-electron chi connectivity index (χ0n) is 19.3. The number of rotatable bonds is 7. The highest BCUT2D eigenvalue weighted by molar-refractivity contribution is 6.05. The summed E-state index contributed by atoms with van der Waals surface area (Å²) in [6.07, 6.45) is 3.20. The first-order valence-electron chi connectivity index (χ1n) is 11.4. The van der Waals surface area contributed by atoms with Crippen molar-refractivity contribution in [2.75, 3.05) is 6.61 Å². The second kappa shape index (κ2) is 12.3. The Hall–Kier alpha value is -3.43. The van der Waals surface area contributed by atoms with Gasteiger partial charge in [-0.05, 0) is 74.9 Å². The number of guanidine groups is 1. The minimum absolute atomic E-state index is 0.00256. The maximum atomic E-state index is 14.0. The van der Waals surface area contributed by atoms with Crippen LogP contribution in [-0.2, 0) is 16.1 Å². The largest absolute Gasteiger partial charge is 0.466 e. The SMILES string of the molecule is CCOC(=O)CC1CCC(NC(=NCc2cc(F)ccc2F)NC(=O)c2ccc(F)c(F)c2)CC1. The summed E-state index contributed by atoms with van der Waals surface area (Å²) < 4.78 is 59.3. The van der Waals surface area contributed by atoms with Gasteiger partial charge in [0.15, 0.2) is 17.6 Å². The molecule has 0 aromatic heterocycles. The number of nitrogens with one attached hydrogen (secondary N) is 2. The van der Waals surface area contributed by atoms with E-state index in [2.05, 4.69) is 15.6 Å². The van der Waals surface area contributed by atoms with Crippen LogP contribution in [0.5, 0.6) is 0 Å². The Labute approximate surface area is 200 Å². The monoisotopic (exact) mass is 493 g/mol. The minimum Gasteiger partial charge on any atom is -0.466 e. The van der Waals surface area contributed by atoms with Gasteiger partial charge in [0, 0.05) is 23.6 Å². The normalized spacial score (nSPS) is 18.1. The number of esters is 1. The zero-order valence-corrected chi connectivity index (χ0v) is 19.3. The Morgan fingerprint density at radius 2 is 1.69 bits per heavy atom. The molecule has 0 radical (unpaired) electrons. The summed E-state index contributed by atoms with van der Waals surface area (Å²) in [5, 5.41) is 5.62. The molecule has 0 spiro atoms. The number of nitrogens with zero attached hydrogens (tertiary/aromatic N) is 1. The molecule has 0 aliphatic heterocycles. The maximum absolute atomic E-state index is 14.0. The molecule has 0 heterocycles. The molecule has 3 rings (SSSR count). The molecule has 1 amide bonds. The van der Waals surface area contributed by atoms with E-state index in [4.69, 9.17) is 4.74 Å². The predicted molar refractivity (Wildman–Crippen MR) is 121 cm³/mol. The average Bonchev–Trinajstić information content (AvgIpc) is 2.82. The van der Waals surface area contributed by atoms with Gasteiger partial charge in [0.25, 0.3) is 5.91 Å². The van der Waals surface area contributed by atoms with E-state index in [1.54, 1.807) is 6.92 Å². The van der Waals surface area contributed by atoms with Gasteiger partial charge < -0.3 is 10.1 Å². The van der Waals surface area contributed by atoms with Gasteiger partial charge in [-0.25, -0.2) is 22.6 Å². The van der Waals surface area contributed by atoms with Crippen LogP contribution in [0.25, 0.3) is 0 Å². The summed E-state index contributed by atoms with van der Waals surface area (Å²) in [7, 11) is 0. The smallest absolute Gasteiger partial charge is 0.306 e. The highest BCUT2D eigenvalue weighted by atomic mass is 19.2. The van der Waals surface area contributed by atoms with E-state index < -0.39 is 29.2 Å². The highest BCUT2D eigenvalue weighted by Crippen LogP contribution is 2.27. The molecule has 2 aromatic rings. The van der Waals surface area contributed by atoms with E-state index in [9.17, 15) is 27.2 Å². The molecule has 1 aliphatic rings. The summed E-state index contributed by atoms with van der Waals surface area (Å²) in [4.78, 5) is 28.6. The predicted octanol–water partition coefficient (Wildman–Crippen LogP) is 4.63. The number of carbonyl (C=O) groups excluding carboxylic acids is 2. The number of benzene rings is 2. The van der Waals surface area contributed by atoms with Crippen LogP contribution < -0.4 is 10.6 Å². The highest BCUT2D eigenvalue weighted by Gasteiger charge is 2.25. The Morgan fingerprint density at radius 3 is 2.37 bits per heavy atom. The van der Waals surface area contributed by atoms with E-state index in [1.165, 1.54) is 0 Å². The molecule has 10 heteroatoms. The number of amides is 1. The van der Waals surface area contributed by atoms with E-state index >= 15 is 0 Å². The topological polar surface area (TPSA) is 79.8 Å². The van der Waals surface area contributed by atoms with E-state index in [0.29, 0.717) is 25.9 Å². The van der Waals surface area contributed by atoms with Crippen molar-refractivity contribution < 1.29 is 31.9 Å². The molecule has 188 valence electrons. The van der Waals surface area contributed by atoms with Crippen LogP contribution in [0.15, 0.2) is 41.4 Å². The molecule has 35 heavy (non-hydrogen) atoms. The van der Waals surface area contributed by atoms with Gasteiger partial charge in [-0.2, -0.15) is 0 Å². The number of hydrogen-bond donors (Lipinski definition) is 2. The van der Waals surface area contributed by atoms with Crippen molar-refractivity contribution in [3.05, 3.63) is 70.8 Å². The first kappa shape index (κ1) is 26.2. The lowest BCUT2D eigenvalue weighted by atomic mass is 9.84. The standard InChI is InChI=1S/C25H27F4N3O3/c1-2-35-23(33)11-15-3-7-19(8-4-15)31-25(30-14-17-12-18(26)6-10-20(17)27)32-24(34)16-5-9-21(28)22(29)13-16/h5-6,9-10,12-13,15,19H,2-4,7-8,11,14H2,1H3,(H2,30,31,32,34). The fourth-order valence-electron chi connectivity index (χ4n) is 3.93. The summed E-state index contributed by atoms with van der Waals surface area (Å²) in [5.41, 5.74) is -0.141. The van der Waals surface area contributed by atoms with Crippen LogP contribution in [0.1, 0.15) is 54.9 Å². The van der Waals surface area contributed by atoms with Gasteiger partial charge in [0.2, 0.25) is 0 Å². The van der Waals surface area contributed by atoms with Crippen LogP contribution in [0.4, 0.5) is 17.6 Å². The van der Waals surface area contributed by atoms with Crippen LogP contribution >= 0.6 is 0 Å². The molecule has 1 aliphatic carbocycles. The van der Waals surface area contributed by atoms with E-state index in [-0.39, 0.29) is 41.6 Å². The average molecular weight is 494 g/mol. The van der Waals surface area contributed by atoms with Gasteiger partial charge in [-0.3, -0.25) is 14.9 Å². The number of halogens is 4. The van der Waals surface area contributed by atoms with E-state index in [1.807, 2.05) is 0 Å². The summed E-state index contributed by atoms with van der Waals surface area (Å²) in [6, 6.07) is 5.59. The summed E-state index contributed by atoms with van der Waals surface area (Å²) in [5.74, 6) is -4.34. The molecule has 0 bridgehead atoms. The Kier molecular flexibility index (Phi) is 9.22.